The molecule has 158 valence electrons. The first-order valence-corrected chi connectivity index (χ1v) is 9.93. The predicted molar refractivity (Wildman–Crippen MR) is 124 cm³/mol. The molecule has 0 unspecified atom stereocenters. The minimum absolute atomic E-state index is 0.150. The lowest BCUT2D eigenvalue weighted by molar-refractivity contribution is -0.131. The Kier molecular flexibility index (Phi) is 7.17. The Morgan fingerprint density at radius 2 is 1.81 bits per heavy atom. The summed E-state index contributed by atoms with van der Waals surface area (Å²) < 4.78 is 0. The summed E-state index contributed by atoms with van der Waals surface area (Å²) in [4.78, 5) is 30.3. The van der Waals surface area contributed by atoms with Gasteiger partial charge in [-0.25, -0.2) is 4.79 Å². The molecule has 6 heteroatoms. The van der Waals surface area contributed by atoms with Gasteiger partial charge in [-0.05, 0) is 36.2 Å². The van der Waals surface area contributed by atoms with E-state index in [9.17, 15) is 9.59 Å². The zero-order valence-electron chi connectivity index (χ0n) is 17.5. The average Bonchev–Trinajstić information content (AvgIpc) is 2.76. The zero-order valence-corrected chi connectivity index (χ0v) is 17.5. The number of carboxylic acids is 1. The summed E-state index contributed by atoms with van der Waals surface area (Å²) >= 11 is 0. The van der Waals surface area contributed by atoms with Crippen molar-refractivity contribution in [3.05, 3.63) is 90.7 Å². The minimum atomic E-state index is -1.01. The lowest BCUT2D eigenvalue weighted by Crippen LogP contribution is -2.21. The number of aliphatic carboxylic acids is 1. The molecule has 2 aromatic carbocycles. The second-order valence-electron chi connectivity index (χ2n) is 7.27. The first-order valence-electron chi connectivity index (χ1n) is 9.93. The lowest BCUT2D eigenvalue weighted by atomic mass is 9.94. The van der Waals surface area contributed by atoms with Crippen LogP contribution >= 0.6 is 0 Å². The number of carbonyl (C=O) groups excluding carboxylic acids is 1. The van der Waals surface area contributed by atoms with Gasteiger partial charge >= 0.3 is 5.97 Å². The molecule has 3 rings (SSSR count). The molecule has 1 heterocycles. The summed E-state index contributed by atoms with van der Waals surface area (Å²) in [5.41, 5.74) is 3.32. The molecule has 6 nitrogen and oxygen atoms in total. The highest BCUT2D eigenvalue weighted by molar-refractivity contribution is 6.02. The number of amides is 1. The van der Waals surface area contributed by atoms with Gasteiger partial charge in [0.2, 0.25) is 5.91 Å². The van der Waals surface area contributed by atoms with E-state index in [0.717, 1.165) is 28.2 Å². The molecule has 0 bridgehead atoms. The predicted octanol–water partition coefficient (Wildman–Crippen LogP) is 4.61. The molecule has 2 N–H and O–H groups in total. The molecule has 0 aliphatic heterocycles. The largest absolute Gasteiger partial charge is 0.478 e. The molecule has 0 fully saturated rings. The fourth-order valence-corrected chi connectivity index (χ4v) is 3.26. The smallest absolute Gasteiger partial charge is 0.328 e. The van der Waals surface area contributed by atoms with Gasteiger partial charge in [0.25, 0.3) is 0 Å². The van der Waals surface area contributed by atoms with Crippen molar-refractivity contribution in [3.63, 3.8) is 0 Å². The van der Waals surface area contributed by atoms with E-state index in [1.54, 1.807) is 18.3 Å². The molecule has 1 atom stereocenters. The Balaban J connectivity index is 1.86. The van der Waals surface area contributed by atoms with Gasteiger partial charge in [0.1, 0.15) is 0 Å². The van der Waals surface area contributed by atoms with Crippen LogP contribution in [0.25, 0.3) is 10.9 Å². The van der Waals surface area contributed by atoms with Gasteiger partial charge in [0, 0.05) is 37.4 Å². The molecular weight excluding hydrogens is 390 g/mol. The second kappa shape index (κ2) is 10.2. The second-order valence-corrected chi connectivity index (χ2v) is 7.27. The number of para-hydroxylation sites is 1. The topological polar surface area (TPSA) is 82.5 Å². The van der Waals surface area contributed by atoms with Gasteiger partial charge < -0.3 is 15.3 Å². The molecule has 0 saturated carbocycles. The summed E-state index contributed by atoms with van der Waals surface area (Å²) in [7, 11) is 3.93. The van der Waals surface area contributed by atoms with E-state index in [0.29, 0.717) is 12.1 Å². The molecule has 1 aromatic heterocycles. The summed E-state index contributed by atoms with van der Waals surface area (Å²) in [5, 5.41) is 12.7. The molecule has 0 radical (unpaired) electrons. The Hall–Kier alpha value is -3.93. The van der Waals surface area contributed by atoms with E-state index in [1.165, 1.54) is 6.08 Å². The van der Waals surface area contributed by atoms with Crippen LogP contribution in [0.4, 0.5) is 11.4 Å². The molecule has 3 aromatic rings. The number of anilines is 2. The normalized spacial score (nSPS) is 12.3. The average molecular weight is 415 g/mol. The highest BCUT2D eigenvalue weighted by Crippen LogP contribution is 2.27. The number of hydrogen-bond acceptors (Lipinski definition) is 4. The van der Waals surface area contributed by atoms with Crippen molar-refractivity contribution >= 4 is 34.2 Å². The number of carbonyl (C=O) groups is 2. The number of nitrogens with zero attached hydrogens (tertiary/aromatic N) is 2. The molecule has 0 saturated heterocycles. The van der Waals surface area contributed by atoms with Crippen LogP contribution in [0.1, 0.15) is 17.9 Å². The standard InChI is InChI=1S/C25H25N3O3/c1-28(2)20-15-13-18(14-16-20)21(10-4-3-5-12-23(29)30)25(31)27-22-11-6-8-19-9-7-17-26-24(19)22/h3-9,11-17,21H,10H2,1-2H3,(H,27,31)(H,29,30)/t21-/m1/s1. The Morgan fingerprint density at radius 1 is 1.06 bits per heavy atom. The summed E-state index contributed by atoms with van der Waals surface area (Å²) in [5.74, 6) is -1.60. The third-order valence-corrected chi connectivity index (χ3v) is 4.88. The molecule has 1 amide bonds. The first-order chi connectivity index (χ1) is 15.0. The van der Waals surface area contributed by atoms with Crippen LogP contribution in [0.3, 0.4) is 0 Å². The van der Waals surface area contributed by atoms with Crippen LogP contribution in [0, 0.1) is 0 Å². The van der Waals surface area contributed by atoms with Gasteiger partial charge in [-0.1, -0.05) is 48.6 Å². The first kappa shape index (κ1) is 21.8. The Labute approximate surface area is 181 Å². The maximum Gasteiger partial charge on any atom is 0.328 e. The van der Waals surface area contributed by atoms with Gasteiger partial charge in [-0.3, -0.25) is 9.78 Å². The number of aromatic nitrogens is 1. The molecular formula is C25H25N3O3. The molecule has 0 spiro atoms. The van der Waals surface area contributed by atoms with Crippen molar-refractivity contribution in [1.29, 1.82) is 0 Å². The number of benzene rings is 2. The van der Waals surface area contributed by atoms with Gasteiger partial charge in [0.05, 0.1) is 17.1 Å². The van der Waals surface area contributed by atoms with Crippen molar-refractivity contribution in [2.45, 2.75) is 12.3 Å². The van der Waals surface area contributed by atoms with Crippen LogP contribution < -0.4 is 10.2 Å². The quantitative estimate of drug-likeness (QED) is 0.415. The maximum atomic E-state index is 13.3. The molecule has 31 heavy (non-hydrogen) atoms. The summed E-state index contributed by atoms with van der Waals surface area (Å²) in [6.45, 7) is 0. The fourth-order valence-electron chi connectivity index (χ4n) is 3.26. The van der Waals surface area contributed by atoms with E-state index in [-0.39, 0.29) is 5.91 Å². The van der Waals surface area contributed by atoms with Crippen molar-refractivity contribution in [2.75, 3.05) is 24.3 Å². The number of pyridine rings is 1. The SMILES string of the molecule is CN(C)c1ccc([C@@H](CC=CC=CC(=O)O)C(=O)Nc2cccc3cccnc23)cc1. The van der Waals surface area contributed by atoms with E-state index in [2.05, 4.69) is 10.3 Å². The third kappa shape index (κ3) is 5.79. The van der Waals surface area contributed by atoms with Crippen molar-refractivity contribution in [2.24, 2.45) is 0 Å². The van der Waals surface area contributed by atoms with Crippen LogP contribution in [-0.4, -0.2) is 36.1 Å². The Morgan fingerprint density at radius 3 is 2.52 bits per heavy atom. The summed E-state index contributed by atoms with van der Waals surface area (Å²) in [6, 6.07) is 17.3. The van der Waals surface area contributed by atoms with Crippen LogP contribution in [0.15, 0.2) is 85.1 Å². The maximum absolute atomic E-state index is 13.3. The lowest BCUT2D eigenvalue weighted by Gasteiger charge is -2.18. The monoisotopic (exact) mass is 415 g/mol. The van der Waals surface area contributed by atoms with Crippen molar-refractivity contribution < 1.29 is 14.7 Å². The van der Waals surface area contributed by atoms with Gasteiger partial charge in [0.15, 0.2) is 0 Å². The van der Waals surface area contributed by atoms with Gasteiger partial charge in [-0.15, -0.1) is 0 Å². The fraction of sp³-hybridized carbons (Fsp3) is 0.160. The summed E-state index contributed by atoms with van der Waals surface area (Å²) in [6.07, 6.45) is 8.06. The number of allylic oxidation sites excluding steroid dienone is 3. The molecule has 0 aliphatic carbocycles. The van der Waals surface area contributed by atoms with E-state index < -0.39 is 11.9 Å². The van der Waals surface area contributed by atoms with Gasteiger partial charge in [-0.2, -0.15) is 0 Å². The van der Waals surface area contributed by atoms with Crippen LogP contribution in [-0.2, 0) is 9.59 Å². The number of hydrogen-bond donors (Lipinski definition) is 2. The van der Waals surface area contributed by atoms with E-state index >= 15 is 0 Å². The van der Waals surface area contributed by atoms with Crippen LogP contribution in [0.2, 0.25) is 0 Å². The van der Waals surface area contributed by atoms with E-state index in [4.69, 9.17) is 5.11 Å². The zero-order chi connectivity index (χ0) is 22.2. The highest BCUT2D eigenvalue weighted by Gasteiger charge is 2.20. The number of rotatable bonds is 8. The third-order valence-electron chi connectivity index (χ3n) is 4.88. The van der Waals surface area contributed by atoms with Crippen molar-refractivity contribution in [1.82, 2.24) is 4.98 Å². The number of nitrogens with one attached hydrogen (secondary N) is 1. The molecule has 0 aliphatic rings. The van der Waals surface area contributed by atoms with E-state index in [1.807, 2.05) is 73.6 Å². The highest BCUT2D eigenvalue weighted by atomic mass is 16.4. The van der Waals surface area contributed by atoms with Crippen molar-refractivity contribution in [3.8, 4) is 0 Å². The Bertz CT molecular complexity index is 1110. The number of fused-ring (bicyclic) bond motifs is 1. The van der Waals surface area contributed by atoms with Crippen LogP contribution in [0.5, 0.6) is 0 Å². The minimum Gasteiger partial charge on any atom is -0.478 e. The number of carboxylic acid groups (broad SMARTS) is 1.